The van der Waals surface area contributed by atoms with E-state index < -0.39 is 47.9 Å². The summed E-state index contributed by atoms with van der Waals surface area (Å²) in [7, 11) is 0. The molecule has 11 N–H and O–H groups in total. The lowest BCUT2D eigenvalue weighted by Crippen LogP contribution is -2.57. The summed E-state index contributed by atoms with van der Waals surface area (Å²) in [6.45, 7) is 1.63. The number of nitrogens with zero attached hydrogens (tertiary/aromatic N) is 1. The first-order valence-corrected chi connectivity index (χ1v) is 13.6. The summed E-state index contributed by atoms with van der Waals surface area (Å²) in [5.41, 5.74) is 19.4. The highest BCUT2D eigenvalue weighted by molar-refractivity contribution is 5.94. The van der Waals surface area contributed by atoms with Gasteiger partial charge in [0.15, 0.2) is 5.96 Å². The number of fused-ring (bicyclic) bond motifs is 1. The molecule has 0 saturated heterocycles. The largest absolute Gasteiger partial charge is 0.480 e. The van der Waals surface area contributed by atoms with E-state index in [-0.39, 0.29) is 31.8 Å². The Hall–Kier alpha value is -4.91. The van der Waals surface area contributed by atoms with Gasteiger partial charge in [0, 0.05) is 30.1 Å². The Kier molecular flexibility index (Phi) is 11.4. The van der Waals surface area contributed by atoms with Gasteiger partial charge in [-0.05, 0) is 43.4 Å². The molecule has 4 atom stereocenters. The fourth-order valence-corrected chi connectivity index (χ4v) is 4.41. The number of nitrogens with one attached hydrogen (secondary N) is 4. The standard InChI is InChI=1S/C29H38N8O5/c1-17(25(38)36-23(28(41)42)12-7-13-33-29(31)32)35-27(40)24(14-18-8-3-2-4-9-18)37-26(39)21(30)15-19-16-34-22-11-6-5-10-20(19)22/h2-6,8-11,16-17,21,23-24,34H,7,12-15,30H2,1H3,(H,35,40)(H,36,38)(H,37,39)(H,41,42)(H4,31,32,33). The second-order valence-electron chi connectivity index (χ2n) is 10.00. The first kappa shape index (κ1) is 31.6. The SMILES string of the molecule is CC(NC(=O)C(Cc1ccccc1)NC(=O)C(N)Cc1c[nH]c2ccccc12)C(=O)NC(CCCN=C(N)N)C(=O)O. The van der Waals surface area contributed by atoms with Gasteiger partial charge < -0.3 is 43.2 Å². The Morgan fingerprint density at radius 2 is 1.55 bits per heavy atom. The van der Waals surface area contributed by atoms with Crippen molar-refractivity contribution in [1.29, 1.82) is 0 Å². The number of nitrogens with two attached hydrogens (primary N) is 3. The fourth-order valence-electron chi connectivity index (χ4n) is 4.41. The van der Waals surface area contributed by atoms with Gasteiger partial charge in [0.2, 0.25) is 17.7 Å². The minimum atomic E-state index is -1.23. The molecule has 3 rings (SSSR count). The van der Waals surface area contributed by atoms with Crippen LogP contribution in [0.4, 0.5) is 0 Å². The van der Waals surface area contributed by atoms with Crippen LogP contribution >= 0.6 is 0 Å². The number of hydrogen-bond donors (Lipinski definition) is 8. The highest BCUT2D eigenvalue weighted by Crippen LogP contribution is 2.19. The van der Waals surface area contributed by atoms with Gasteiger partial charge >= 0.3 is 5.97 Å². The molecule has 1 heterocycles. The zero-order chi connectivity index (χ0) is 30.6. The van der Waals surface area contributed by atoms with E-state index >= 15 is 0 Å². The lowest BCUT2D eigenvalue weighted by atomic mass is 10.0. The van der Waals surface area contributed by atoms with E-state index in [1.165, 1.54) is 6.92 Å². The minimum absolute atomic E-state index is 0.0829. The number of rotatable bonds is 15. The number of carbonyl (C=O) groups is 4. The van der Waals surface area contributed by atoms with E-state index in [1.807, 2.05) is 54.6 Å². The van der Waals surface area contributed by atoms with Crippen LogP contribution in [-0.4, -0.2) is 70.5 Å². The molecule has 4 unspecified atom stereocenters. The van der Waals surface area contributed by atoms with Crippen LogP contribution in [0.25, 0.3) is 10.9 Å². The minimum Gasteiger partial charge on any atom is -0.480 e. The number of aromatic nitrogens is 1. The maximum absolute atomic E-state index is 13.3. The van der Waals surface area contributed by atoms with Crippen LogP contribution in [0, 0.1) is 0 Å². The highest BCUT2D eigenvalue weighted by atomic mass is 16.4. The first-order valence-electron chi connectivity index (χ1n) is 13.6. The monoisotopic (exact) mass is 578 g/mol. The summed E-state index contributed by atoms with van der Waals surface area (Å²) in [6.07, 6.45) is 2.60. The molecule has 2 aromatic carbocycles. The summed E-state index contributed by atoms with van der Waals surface area (Å²) in [5, 5.41) is 18.2. The molecule has 42 heavy (non-hydrogen) atoms. The third-order valence-corrected chi connectivity index (χ3v) is 6.68. The number of H-pyrrole nitrogens is 1. The van der Waals surface area contributed by atoms with Crippen molar-refractivity contribution in [3.8, 4) is 0 Å². The van der Waals surface area contributed by atoms with Crippen LogP contribution in [0.1, 0.15) is 30.9 Å². The number of guanidine groups is 1. The maximum atomic E-state index is 13.3. The van der Waals surface area contributed by atoms with E-state index in [4.69, 9.17) is 17.2 Å². The van der Waals surface area contributed by atoms with Gasteiger partial charge in [0.05, 0.1) is 6.04 Å². The van der Waals surface area contributed by atoms with Crippen molar-refractivity contribution in [2.75, 3.05) is 6.54 Å². The van der Waals surface area contributed by atoms with Crippen molar-refractivity contribution in [3.63, 3.8) is 0 Å². The van der Waals surface area contributed by atoms with Crippen molar-refractivity contribution in [1.82, 2.24) is 20.9 Å². The molecule has 0 saturated carbocycles. The third-order valence-electron chi connectivity index (χ3n) is 6.68. The van der Waals surface area contributed by atoms with Gasteiger partial charge in [0.1, 0.15) is 18.1 Å². The highest BCUT2D eigenvalue weighted by Gasteiger charge is 2.28. The topological polar surface area (TPSA) is 231 Å². The number of benzene rings is 2. The van der Waals surface area contributed by atoms with Crippen molar-refractivity contribution in [2.45, 2.75) is 56.8 Å². The molecule has 1 aromatic heterocycles. The van der Waals surface area contributed by atoms with Crippen LogP contribution in [0.15, 0.2) is 65.8 Å². The molecule has 224 valence electrons. The lowest BCUT2D eigenvalue weighted by Gasteiger charge is -2.23. The Balaban J connectivity index is 1.65. The van der Waals surface area contributed by atoms with Crippen molar-refractivity contribution in [3.05, 3.63) is 71.9 Å². The molecular formula is C29H38N8O5. The van der Waals surface area contributed by atoms with Crippen LogP contribution in [0.3, 0.4) is 0 Å². The predicted molar refractivity (Wildman–Crippen MR) is 159 cm³/mol. The molecule has 0 aliphatic carbocycles. The maximum Gasteiger partial charge on any atom is 0.326 e. The zero-order valence-electron chi connectivity index (χ0n) is 23.4. The number of para-hydroxylation sites is 1. The van der Waals surface area contributed by atoms with Crippen molar-refractivity contribution in [2.24, 2.45) is 22.2 Å². The Morgan fingerprint density at radius 3 is 2.24 bits per heavy atom. The van der Waals surface area contributed by atoms with Gasteiger partial charge in [-0.25, -0.2) is 4.79 Å². The third kappa shape index (κ3) is 9.34. The smallest absolute Gasteiger partial charge is 0.326 e. The predicted octanol–water partition coefficient (Wildman–Crippen LogP) is -0.107. The molecule has 13 nitrogen and oxygen atoms in total. The van der Waals surface area contributed by atoms with Gasteiger partial charge in [-0.1, -0.05) is 48.5 Å². The van der Waals surface area contributed by atoms with E-state index in [2.05, 4.69) is 25.9 Å². The summed E-state index contributed by atoms with van der Waals surface area (Å²) >= 11 is 0. The van der Waals surface area contributed by atoms with Crippen molar-refractivity contribution >= 4 is 40.6 Å². The van der Waals surface area contributed by atoms with Gasteiger partial charge in [-0.2, -0.15) is 0 Å². The average molecular weight is 579 g/mol. The molecule has 3 amide bonds. The van der Waals surface area contributed by atoms with Crippen LogP contribution in [0.2, 0.25) is 0 Å². The van der Waals surface area contributed by atoms with E-state index in [0.29, 0.717) is 6.42 Å². The van der Waals surface area contributed by atoms with E-state index in [1.54, 1.807) is 6.20 Å². The average Bonchev–Trinajstić information content (AvgIpc) is 3.36. The number of aromatic amines is 1. The van der Waals surface area contributed by atoms with Gasteiger partial charge in [0.25, 0.3) is 0 Å². The second-order valence-corrected chi connectivity index (χ2v) is 10.00. The number of hydrogen-bond acceptors (Lipinski definition) is 6. The van der Waals surface area contributed by atoms with Crippen molar-refractivity contribution < 1.29 is 24.3 Å². The second kappa shape index (κ2) is 15.2. The van der Waals surface area contributed by atoms with E-state index in [9.17, 15) is 24.3 Å². The molecule has 0 aliphatic rings. The fraction of sp³-hybridized carbons (Fsp3) is 0.345. The van der Waals surface area contributed by atoms with E-state index in [0.717, 1.165) is 22.0 Å². The number of aliphatic carboxylic acids is 1. The summed E-state index contributed by atoms with van der Waals surface area (Å²) in [5.74, 6) is -3.18. The molecule has 0 bridgehead atoms. The quantitative estimate of drug-likeness (QED) is 0.0687. The Bertz CT molecular complexity index is 1400. The number of carboxylic acid groups (broad SMARTS) is 1. The lowest BCUT2D eigenvalue weighted by molar-refractivity contribution is -0.142. The molecular weight excluding hydrogens is 540 g/mol. The molecule has 0 spiro atoms. The van der Waals surface area contributed by atoms with Gasteiger partial charge in [-0.3, -0.25) is 19.4 Å². The summed E-state index contributed by atoms with van der Waals surface area (Å²) < 4.78 is 0. The molecule has 0 aliphatic heterocycles. The van der Waals surface area contributed by atoms with Crippen LogP contribution in [-0.2, 0) is 32.0 Å². The van der Waals surface area contributed by atoms with Crippen LogP contribution < -0.4 is 33.2 Å². The normalized spacial score (nSPS) is 13.8. The molecule has 3 aromatic rings. The number of carbonyl (C=O) groups excluding carboxylic acids is 3. The zero-order valence-corrected chi connectivity index (χ0v) is 23.4. The number of carboxylic acids is 1. The Labute approximate surface area is 243 Å². The molecule has 0 radical (unpaired) electrons. The van der Waals surface area contributed by atoms with Gasteiger partial charge in [-0.15, -0.1) is 0 Å². The molecule has 0 fully saturated rings. The Morgan fingerprint density at radius 1 is 0.881 bits per heavy atom. The van der Waals surface area contributed by atoms with Crippen LogP contribution in [0.5, 0.6) is 0 Å². The first-order chi connectivity index (χ1) is 20.0. The summed E-state index contributed by atoms with van der Waals surface area (Å²) in [4.78, 5) is 57.8. The number of aliphatic imine (C=N–C) groups is 1. The molecule has 13 heteroatoms. The number of amides is 3. The summed E-state index contributed by atoms with van der Waals surface area (Å²) in [6, 6.07) is 12.5.